The quantitative estimate of drug-likeness (QED) is 0.271. The van der Waals surface area contributed by atoms with Gasteiger partial charge in [0.15, 0.2) is 0 Å². The number of hydrazine groups is 1. The molecule has 0 spiro atoms. The third kappa shape index (κ3) is 14.3. The molecule has 0 aliphatic rings. The molecular formula is C17H39N3. The Labute approximate surface area is 127 Å². The third-order valence-electron chi connectivity index (χ3n) is 4.07. The number of hydrogen-bond acceptors (Lipinski definition) is 3. The summed E-state index contributed by atoms with van der Waals surface area (Å²) in [4.78, 5) is 2.23. The molecule has 0 amide bonds. The molecule has 3 N–H and O–H groups in total. The van der Waals surface area contributed by atoms with E-state index in [-0.39, 0.29) is 0 Å². The van der Waals surface area contributed by atoms with Crippen molar-refractivity contribution in [3.63, 3.8) is 0 Å². The van der Waals surface area contributed by atoms with Crippen molar-refractivity contribution in [2.24, 2.45) is 5.84 Å². The number of nitrogens with zero attached hydrogens (tertiary/aromatic N) is 1. The Hall–Kier alpha value is -0.120. The maximum Gasteiger partial charge on any atom is 0.0222 e. The molecule has 0 aliphatic heterocycles. The molecule has 0 aromatic carbocycles. The smallest absolute Gasteiger partial charge is 0.0222 e. The van der Waals surface area contributed by atoms with Crippen LogP contribution in [0.3, 0.4) is 0 Å². The van der Waals surface area contributed by atoms with Gasteiger partial charge in [-0.2, -0.15) is 0 Å². The molecule has 0 heterocycles. The second-order valence-electron chi connectivity index (χ2n) is 6.43. The summed E-state index contributed by atoms with van der Waals surface area (Å²) in [7, 11) is 4.24. The van der Waals surface area contributed by atoms with Crippen LogP contribution >= 0.6 is 0 Å². The number of rotatable bonds is 15. The third-order valence-corrected chi connectivity index (χ3v) is 4.07. The minimum absolute atomic E-state index is 0.492. The van der Waals surface area contributed by atoms with E-state index >= 15 is 0 Å². The van der Waals surface area contributed by atoms with Crippen LogP contribution in [0.1, 0.15) is 84.0 Å². The summed E-state index contributed by atoms with van der Waals surface area (Å²) in [6.45, 7) is 3.40. The van der Waals surface area contributed by atoms with Gasteiger partial charge in [-0.15, -0.1) is 0 Å². The van der Waals surface area contributed by atoms with Gasteiger partial charge >= 0.3 is 0 Å². The van der Waals surface area contributed by atoms with Crippen molar-refractivity contribution in [3.05, 3.63) is 0 Å². The van der Waals surface area contributed by atoms with Crippen molar-refractivity contribution < 1.29 is 0 Å². The van der Waals surface area contributed by atoms with Crippen LogP contribution in [0.15, 0.2) is 0 Å². The largest absolute Gasteiger partial charge is 0.309 e. The van der Waals surface area contributed by atoms with Crippen LogP contribution in [0.4, 0.5) is 0 Å². The average molecular weight is 286 g/mol. The fourth-order valence-corrected chi connectivity index (χ4v) is 2.60. The van der Waals surface area contributed by atoms with Gasteiger partial charge in [0, 0.05) is 6.04 Å². The Kier molecular flexibility index (Phi) is 15.2. The Morgan fingerprint density at radius 3 is 1.75 bits per heavy atom. The van der Waals surface area contributed by atoms with Crippen molar-refractivity contribution in [1.82, 2.24) is 10.3 Å². The molecule has 20 heavy (non-hydrogen) atoms. The van der Waals surface area contributed by atoms with Crippen LogP contribution < -0.4 is 11.3 Å². The first-order chi connectivity index (χ1) is 9.70. The van der Waals surface area contributed by atoms with Crippen LogP contribution in [-0.2, 0) is 0 Å². The van der Waals surface area contributed by atoms with E-state index in [0.717, 1.165) is 13.0 Å². The second kappa shape index (κ2) is 15.3. The molecule has 0 aromatic heterocycles. The van der Waals surface area contributed by atoms with Gasteiger partial charge in [0.1, 0.15) is 0 Å². The maximum atomic E-state index is 5.61. The highest BCUT2D eigenvalue weighted by molar-refractivity contribution is 4.65. The van der Waals surface area contributed by atoms with Crippen molar-refractivity contribution >= 4 is 0 Å². The Bertz CT molecular complexity index is 183. The predicted molar refractivity (Wildman–Crippen MR) is 90.7 cm³/mol. The van der Waals surface area contributed by atoms with Crippen LogP contribution in [-0.4, -0.2) is 31.6 Å². The summed E-state index contributed by atoms with van der Waals surface area (Å²) >= 11 is 0. The van der Waals surface area contributed by atoms with E-state index in [1.807, 2.05) is 0 Å². The minimum Gasteiger partial charge on any atom is -0.309 e. The Morgan fingerprint density at radius 2 is 1.30 bits per heavy atom. The monoisotopic (exact) mass is 285 g/mol. The fourth-order valence-electron chi connectivity index (χ4n) is 2.60. The van der Waals surface area contributed by atoms with E-state index in [2.05, 4.69) is 31.3 Å². The predicted octanol–water partition coefficient (Wildman–Crippen LogP) is 4.08. The molecule has 0 aliphatic carbocycles. The molecule has 0 saturated carbocycles. The molecule has 3 nitrogen and oxygen atoms in total. The van der Waals surface area contributed by atoms with Crippen molar-refractivity contribution in [2.75, 3.05) is 20.6 Å². The van der Waals surface area contributed by atoms with Crippen molar-refractivity contribution in [3.8, 4) is 0 Å². The first kappa shape index (κ1) is 19.9. The zero-order valence-electron chi connectivity index (χ0n) is 14.3. The molecule has 122 valence electrons. The van der Waals surface area contributed by atoms with Gasteiger partial charge in [-0.05, 0) is 33.5 Å². The van der Waals surface area contributed by atoms with E-state index in [1.54, 1.807) is 0 Å². The van der Waals surface area contributed by atoms with Gasteiger partial charge in [-0.3, -0.25) is 11.3 Å². The molecule has 0 rings (SSSR count). The normalized spacial score (nSPS) is 13.1. The van der Waals surface area contributed by atoms with E-state index in [9.17, 15) is 0 Å². The lowest BCUT2D eigenvalue weighted by Gasteiger charge is -2.18. The molecule has 1 unspecified atom stereocenters. The SMILES string of the molecule is CCCCCCCCCCCCC(CCN(C)C)NN. The van der Waals surface area contributed by atoms with Crippen LogP contribution in [0.5, 0.6) is 0 Å². The fraction of sp³-hybridized carbons (Fsp3) is 1.00. The molecule has 3 heteroatoms. The summed E-state index contributed by atoms with van der Waals surface area (Å²) in [5, 5.41) is 0. The molecule has 0 radical (unpaired) electrons. The number of hydrogen-bond donors (Lipinski definition) is 2. The van der Waals surface area contributed by atoms with Gasteiger partial charge in [0.25, 0.3) is 0 Å². The zero-order valence-corrected chi connectivity index (χ0v) is 14.3. The lowest BCUT2D eigenvalue weighted by Crippen LogP contribution is -2.37. The van der Waals surface area contributed by atoms with E-state index in [1.165, 1.54) is 70.6 Å². The van der Waals surface area contributed by atoms with Crippen molar-refractivity contribution in [2.45, 2.75) is 90.0 Å². The molecule has 0 aromatic rings. The number of nitrogens with two attached hydrogens (primary N) is 1. The van der Waals surface area contributed by atoms with Gasteiger partial charge < -0.3 is 4.90 Å². The zero-order chi connectivity index (χ0) is 15.1. The van der Waals surface area contributed by atoms with E-state index in [0.29, 0.717) is 6.04 Å². The van der Waals surface area contributed by atoms with Crippen LogP contribution in [0, 0.1) is 0 Å². The summed E-state index contributed by atoms with van der Waals surface area (Å²) in [6, 6.07) is 0.492. The van der Waals surface area contributed by atoms with Crippen molar-refractivity contribution in [1.29, 1.82) is 0 Å². The highest BCUT2D eigenvalue weighted by atomic mass is 15.2. The molecule has 0 saturated heterocycles. The average Bonchev–Trinajstić information content (AvgIpc) is 2.44. The summed E-state index contributed by atoms with van der Waals surface area (Å²) < 4.78 is 0. The van der Waals surface area contributed by atoms with E-state index < -0.39 is 0 Å². The first-order valence-corrected chi connectivity index (χ1v) is 8.81. The first-order valence-electron chi connectivity index (χ1n) is 8.81. The molecule has 1 atom stereocenters. The second-order valence-corrected chi connectivity index (χ2v) is 6.43. The number of unbranched alkanes of at least 4 members (excludes halogenated alkanes) is 9. The number of nitrogens with one attached hydrogen (secondary N) is 1. The molecule has 0 bridgehead atoms. The lowest BCUT2D eigenvalue weighted by molar-refractivity contribution is 0.345. The lowest BCUT2D eigenvalue weighted by atomic mass is 10.0. The van der Waals surface area contributed by atoms with Crippen LogP contribution in [0.2, 0.25) is 0 Å². The molecule has 0 fully saturated rings. The minimum atomic E-state index is 0.492. The summed E-state index contributed by atoms with van der Waals surface area (Å²) in [5.74, 6) is 5.61. The molecular weight excluding hydrogens is 246 g/mol. The topological polar surface area (TPSA) is 41.3 Å². The maximum absolute atomic E-state index is 5.61. The highest BCUT2D eigenvalue weighted by Gasteiger charge is 2.06. The van der Waals surface area contributed by atoms with Gasteiger partial charge in [-0.25, -0.2) is 0 Å². The van der Waals surface area contributed by atoms with Crippen LogP contribution in [0.25, 0.3) is 0 Å². The highest BCUT2D eigenvalue weighted by Crippen LogP contribution is 2.12. The van der Waals surface area contributed by atoms with E-state index in [4.69, 9.17) is 5.84 Å². The van der Waals surface area contributed by atoms with Gasteiger partial charge in [-0.1, -0.05) is 71.1 Å². The summed E-state index contributed by atoms with van der Waals surface area (Å²) in [5.41, 5.74) is 2.96. The Balaban J connectivity index is 3.24. The standard InChI is InChI=1S/C17H39N3/c1-4-5-6-7-8-9-10-11-12-13-14-17(19-18)15-16-20(2)3/h17,19H,4-16,18H2,1-3H3. The summed E-state index contributed by atoms with van der Waals surface area (Å²) in [6.07, 6.45) is 16.4. The van der Waals surface area contributed by atoms with Gasteiger partial charge in [0.2, 0.25) is 0 Å². The van der Waals surface area contributed by atoms with Gasteiger partial charge in [0.05, 0.1) is 0 Å². The Morgan fingerprint density at radius 1 is 0.800 bits per heavy atom.